The highest BCUT2D eigenvalue weighted by Crippen LogP contribution is 2.75. The van der Waals surface area contributed by atoms with Gasteiger partial charge in [-0.2, -0.15) is 0 Å². The summed E-state index contributed by atoms with van der Waals surface area (Å²) < 4.78 is 21.9. The van der Waals surface area contributed by atoms with Gasteiger partial charge in [-0.1, -0.05) is 0 Å². The zero-order valence-corrected chi connectivity index (χ0v) is 19.8. The predicted octanol–water partition coefficient (Wildman–Crippen LogP) is 4.95. The molecule has 0 saturated carbocycles. The van der Waals surface area contributed by atoms with Gasteiger partial charge in [-0.3, -0.25) is 0 Å². The minimum absolute atomic E-state index is 0.782. The summed E-state index contributed by atoms with van der Waals surface area (Å²) in [6.07, 6.45) is 0. The van der Waals surface area contributed by atoms with E-state index < -0.39 is 10.9 Å². The second kappa shape index (κ2) is 9.94. The summed E-state index contributed by atoms with van der Waals surface area (Å²) in [4.78, 5) is 0. The molecule has 0 heterocycles. The fraction of sp³-hybridized carbons (Fsp3) is 0.250. The molecule has 0 fully saturated rings. The van der Waals surface area contributed by atoms with E-state index in [2.05, 4.69) is 0 Å². The molecule has 2 rings (SSSR count). The summed E-state index contributed by atoms with van der Waals surface area (Å²) in [5.41, 5.74) is -4.63. The van der Waals surface area contributed by atoms with E-state index in [1.807, 2.05) is 48.5 Å². The molecule has 26 heavy (non-hydrogen) atoms. The molecule has 0 spiro atoms. The molecule has 2 unspecified atom stereocenters. The second-order valence-corrected chi connectivity index (χ2v) is 20.1. The molecule has 142 valence electrons. The first-order valence-corrected chi connectivity index (χ1v) is 16.2. The lowest BCUT2D eigenvalue weighted by atomic mass is 10.3. The van der Waals surface area contributed by atoms with Gasteiger partial charge < -0.3 is 18.5 Å². The number of ether oxygens (including phenoxy) is 2. The Hall–Kier alpha value is -0.0400. The third-order valence-corrected chi connectivity index (χ3v) is 21.7. The van der Waals surface area contributed by atoms with Gasteiger partial charge in [-0.25, -0.2) is 0 Å². The molecule has 2 aromatic carbocycles. The Balaban J connectivity index is 2.22. The average Bonchev–Trinajstić information content (AvgIpc) is 2.71. The quantitative estimate of drug-likeness (QED) is 0.380. The largest absolute Gasteiger partial charge is 0.497 e. The topological polar surface area (TPSA) is 36.9 Å². The van der Waals surface area contributed by atoms with E-state index in [4.69, 9.17) is 42.1 Å². The Morgan fingerprint density at radius 1 is 0.615 bits per heavy atom. The predicted molar refractivity (Wildman–Crippen MR) is 123 cm³/mol. The van der Waals surface area contributed by atoms with Gasteiger partial charge in [0.1, 0.15) is 11.5 Å². The molecule has 2 atom stereocenters. The fourth-order valence-corrected chi connectivity index (χ4v) is 20.1. The number of methoxy groups -OCH3 is 2. The summed E-state index contributed by atoms with van der Waals surface area (Å²) in [7, 11) is 9.54. The van der Waals surface area contributed by atoms with Gasteiger partial charge in [0.15, 0.2) is 10.9 Å². The number of rotatable bonds is 9. The summed E-state index contributed by atoms with van der Waals surface area (Å²) in [6.45, 7) is 0. The fourth-order valence-electron chi connectivity index (χ4n) is 1.98. The van der Waals surface area contributed by atoms with Gasteiger partial charge >= 0.3 is 0 Å². The Morgan fingerprint density at radius 3 is 1.15 bits per heavy atom. The molecule has 0 saturated heterocycles. The van der Waals surface area contributed by atoms with Crippen molar-refractivity contribution in [2.24, 2.45) is 0 Å². The first kappa shape index (κ1) is 22.3. The lowest BCUT2D eigenvalue weighted by Crippen LogP contribution is -2.04. The molecule has 0 aliphatic rings. The van der Waals surface area contributed by atoms with E-state index in [1.165, 1.54) is 20.8 Å². The molecule has 0 N–H and O–H groups in total. The van der Waals surface area contributed by atoms with Gasteiger partial charge in [-0.15, -0.1) is 0 Å². The molecule has 0 amide bonds. The van der Waals surface area contributed by atoms with Crippen molar-refractivity contribution in [2.45, 2.75) is 0 Å². The molecular formula is C16H20O4P2S4. The molecule has 0 aromatic heterocycles. The Labute approximate surface area is 172 Å². The minimum atomic E-state index is -2.31. The maximum absolute atomic E-state index is 5.84. The van der Waals surface area contributed by atoms with Gasteiger partial charge in [0.05, 0.1) is 14.2 Å². The van der Waals surface area contributed by atoms with Gasteiger partial charge in [0.25, 0.3) is 0 Å². The van der Waals surface area contributed by atoms with Gasteiger partial charge in [-0.05, 0) is 93.0 Å². The highest BCUT2D eigenvalue weighted by molar-refractivity contribution is 9.19. The zero-order valence-electron chi connectivity index (χ0n) is 14.8. The van der Waals surface area contributed by atoms with Crippen molar-refractivity contribution in [3.63, 3.8) is 0 Å². The molecule has 0 aliphatic heterocycles. The lowest BCUT2D eigenvalue weighted by molar-refractivity contribution is 0.415. The first-order chi connectivity index (χ1) is 12.4. The van der Waals surface area contributed by atoms with Crippen LogP contribution in [-0.4, -0.2) is 28.4 Å². The standard InChI is InChI=1S/C16H20O4P2S4/c1-17-13-5-9-15(10-6-13)21(23,19-3)25-26-22(24,20-4)16-11-7-14(18-2)8-12-16/h5-12H,1-4H3. The molecule has 4 nitrogen and oxygen atoms in total. The average molecular weight is 467 g/mol. The summed E-state index contributed by atoms with van der Waals surface area (Å²) in [5, 5.41) is 1.92. The van der Waals surface area contributed by atoms with Crippen LogP contribution in [0.15, 0.2) is 48.5 Å². The molecule has 0 radical (unpaired) electrons. The van der Waals surface area contributed by atoms with E-state index in [9.17, 15) is 0 Å². The van der Waals surface area contributed by atoms with Crippen molar-refractivity contribution < 1.29 is 18.5 Å². The number of benzene rings is 2. The van der Waals surface area contributed by atoms with E-state index in [1.54, 1.807) is 28.4 Å². The van der Waals surface area contributed by atoms with E-state index in [0.29, 0.717) is 0 Å². The monoisotopic (exact) mass is 466 g/mol. The Morgan fingerprint density at radius 2 is 0.923 bits per heavy atom. The van der Waals surface area contributed by atoms with Gasteiger partial charge in [0.2, 0.25) is 0 Å². The highest BCUT2D eigenvalue weighted by atomic mass is 33.5. The first-order valence-electron chi connectivity index (χ1n) is 7.39. The third-order valence-electron chi connectivity index (χ3n) is 3.49. The van der Waals surface area contributed by atoms with Crippen LogP contribution < -0.4 is 20.1 Å². The van der Waals surface area contributed by atoms with Crippen molar-refractivity contribution in [1.29, 1.82) is 0 Å². The van der Waals surface area contributed by atoms with Crippen molar-refractivity contribution in [3.05, 3.63) is 48.5 Å². The van der Waals surface area contributed by atoms with Gasteiger partial charge in [0, 0.05) is 24.8 Å². The van der Waals surface area contributed by atoms with Crippen LogP contribution in [0.3, 0.4) is 0 Å². The maximum Gasteiger partial charge on any atom is 0.159 e. The molecule has 10 heteroatoms. The lowest BCUT2D eigenvalue weighted by Gasteiger charge is -2.24. The highest BCUT2D eigenvalue weighted by Gasteiger charge is 2.28. The molecular weight excluding hydrogens is 446 g/mol. The summed E-state index contributed by atoms with van der Waals surface area (Å²) >= 11 is 11.7. The van der Waals surface area contributed by atoms with Crippen LogP contribution in [0.25, 0.3) is 0 Å². The van der Waals surface area contributed by atoms with Crippen molar-refractivity contribution >= 4 is 66.0 Å². The number of hydrogen-bond donors (Lipinski definition) is 0. The molecule has 0 bridgehead atoms. The summed E-state index contributed by atoms with van der Waals surface area (Å²) in [5.74, 6) is 1.56. The SMILES string of the molecule is COc1ccc(P(=S)(OC)SSP(=S)(OC)c2ccc(OC)cc2)cc1. The van der Waals surface area contributed by atoms with Crippen LogP contribution in [0.1, 0.15) is 0 Å². The Bertz CT molecular complexity index is 743. The van der Waals surface area contributed by atoms with Crippen LogP contribution in [0.2, 0.25) is 0 Å². The van der Waals surface area contributed by atoms with Crippen LogP contribution >= 0.6 is 31.8 Å². The van der Waals surface area contributed by atoms with Crippen LogP contribution in [-0.2, 0) is 32.7 Å². The van der Waals surface area contributed by atoms with Crippen LogP contribution in [0, 0.1) is 0 Å². The van der Waals surface area contributed by atoms with Crippen molar-refractivity contribution in [2.75, 3.05) is 28.4 Å². The minimum Gasteiger partial charge on any atom is -0.497 e. The van der Waals surface area contributed by atoms with E-state index in [0.717, 1.165) is 22.1 Å². The van der Waals surface area contributed by atoms with Crippen molar-refractivity contribution in [3.8, 4) is 11.5 Å². The third kappa shape index (κ3) is 5.27. The van der Waals surface area contributed by atoms with Crippen molar-refractivity contribution in [1.82, 2.24) is 0 Å². The maximum atomic E-state index is 5.84. The van der Waals surface area contributed by atoms with Crippen LogP contribution in [0.4, 0.5) is 0 Å². The number of hydrogen-bond acceptors (Lipinski definition) is 8. The van der Waals surface area contributed by atoms with Crippen LogP contribution in [0.5, 0.6) is 11.5 Å². The van der Waals surface area contributed by atoms with E-state index >= 15 is 0 Å². The second-order valence-electron chi connectivity index (χ2n) is 4.91. The molecule has 0 aliphatic carbocycles. The summed E-state index contributed by atoms with van der Waals surface area (Å²) in [6, 6.07) is 15.3. The Kier molecular flexibility index (Phi) is 8.51. The normalized spacial score (nSPS) is 15.7. The van der Waals surface area contributed by atoms with E-state index in [-0.39, 0.29) is 0 Å². The zero-order chi connectivity index (χ0) is 19.2. The molecule has 2 aromatic rings. The smallest absolute Gasteiger partial charge is 0.159 e.